The van der Waals surface area contributed by atoms with Crippen LogP contribution in [-0.2, 0) is 32.3 Å². The number of aryl methyl sites for hydroxylation is 1. The van der Waals surface area contributed by atoms with Gasteiger partial charge in [0.25, 0.3) is 0 Å². The van der Waals surface area contributed by atoms with Crippen LogP contribution >= 0.6 is 0 Å². The van der Waals surface area contributed by atoms with E-state index in [0.717, 1.165) is 40.7 Å². The molecule has 2 nitrogen and oxygen atoms in total. The molecule has 1 atom stereocenters. The SMILES string of the molecule is CC(C)C1CCc2ccc3ccc(-c4[c-]ccc5ccccc45)nc3c2[N-]1.[CH3-].[CH3-].[Hf+4]. The van der Waals surface area contributed by atoms with Crippen LogP contribution in [0.4, 0.5) is 5.69 Å². The molecule has 5 rings (SSSR count). The van der Waals surface area contributed by atoms with Crippen molar-refractivity contribution in [2.45, 2.75) is 32.7 Å². The zero-order valence-corrected chi connectivity index (χ0v) is 21.8. The molecule has 0 N–H and O–H groups in total. The van der Waals surface area contributed by atoms with Crippen LogP contribution in [0.2, 0.25) is 0 Å². The fourth-order valence-corrected chi connectivity index (χ4v) is 4.09. The summed E-state index contributed by atoms with van der Waals surface area (Å²) in [5, 5.41) is 8.66. The summed E-state index contributed by atoms with van der Waals surface area (Å²) >= 11 is 0. The zero-order valence-electron chi connectivity index (χ0n) is 18.2. The van der Waals surface area contributed by atoms with Gasteiger partial charge in [-0.3, -0.25) is 4.98 Å². The Morgan fingerprint density at radius 2 is 1.73 bits per heavy atom. The van der Waals surface area contributed by atoms with Crippen LogP contribution in [0.25, 0.3) is 38.2 Å². The van der Waals surface area contributed by atoms with Crippen molar-refractivity contribution in [2.24, 2.45) is 5.92 Å². The van der Waals surface area contributed by atoms with Gasteiger partial charge in [0.05, 0.1) is 0 Å². The van der Waals surface area contributed by atoms with Gasteiger partial charge < -0.3 is 20.2 Å². The second-order valence-corrected chi connectivity index (χ2v) is 7.76. The van der Waals surface area contributed by atoms with Crippen LogP contribution in [0.5, 0.6) is 0 Å². The molecule has 1 aliphatic heterocycles. The molecule has 1 aliphatic rings. The molecule has 1 unspecified atom stereocenters. The van der Waals surface area contributed by atoms with Gasteiger partial charge in [0.2, 0.25) is 0 Å². The van der Waals surface area contributed by atoms with E-state index in [1.165, 1.54) is 16.3 Å². The van der Waals surface area contributed by atoms with Crippen molar-refractivity contribution in [1.29, 1.82) is 0 Å². The number of pyridine rings is 1. The Kier molecular flexibility index (Phi) is 7.99. The maximum Gasteiger partial charge on any atom is 4.00 e. The number of rotatable bonds is 2. The molecular formula is C27H28HfN2. The molecule has 0 spiro atoms. The van der Waals surface area contributed by atoms with Crippen molar-refractivity contribution in [3.63, 3.8) is 0 Å². The van der Waals surface area contributed by atoms with E-state index in [0.29, 0.717) is 12.0 Å². The molecule has 0 aliphatic carbocycles. The van der Waals surface area contributed by atoms with Crippen molar-refractivity contribution in [3.05, 3.63) is 92.5 Å². The molecule has 3 heteroatoms. The van der Waals surface area contributed by atoms with Crippen LogP contribution in [-0.4, -0.2) is 11.0 Å². The monoisotopic (exact) mass is 560 g/mol. The third-order valence-corrected chi connectivity index (χ3v) is 5.67. The van der Waals surface area contributed by atoms with Crippen LogP contribution in [0.15, 0.2) is 60.7 Å². The fourth-order valence-electron chi connectivity index (χ4n) is 4.09. The molecule has 30 heavy (non-hydrogen) atoms. The smallest absolute Gasteiger partial charge is 0.680 e. The van der Waals surface area contributed by atoms with Crippen molar-refractivity contribution in [1.82, 2.24) is 4.98 Å². The molecule has 3 aromatic carbocycles. The van der Waals surface area contributed by atoms with E-state index in [-0.39, 0.29) is 40.7 Å². The van der Waals surface area contributed by atoms with Gasteiger partial charge in [0.1, 0.15) is 0 Å². The standard InChI is InChI=1S/C25H22N2.2CH3.Hf/c1-16(2)22-14-12-18-10-11-19-13-15-23(27-25(19)24(18)26-22)21-9-5-7-17-6-3-4-8-20(17)21;;;/h3-8,10-11,13,15-16,22H,12,14H2,1-2H3;2*1H3;/q-2;2*-1;+4. The van der Waals surface area contributed by atoms with E-state index < -0.39 is 0 Å². The predicted molar refractivity (Wildman–Crippen MR) is 126 cm³/mol. The molecule has 150 valence electrons. The molecule has 0 saturated heterocycles. The van der Waals surface area contributed by atoms with Gasteiger partial charge >= 0.3 is 25.8 Å². The largest absolute Gasteiger partial charge is 4.00 e. The molecule has 0 bridgehead atoms. The van der Waals surface area contributed by atoms with Gasteiger partial charge in [-0.25, -0.2) is 0 Å². The van der Waals surface area contributed by atoms with Crippen LogP contribution in [0.1, 0.15) is 25.8 Å². The summed E-state index contributed by atoms with van der Waals surface area (Å²) in [5.41, 5.74) is 5.47. The third-order valence-electron chi connectivity index (χ3n) is 5.67. The molecule has 1 aromatic heterocycles. The maximum atomic E-state index is 5.10. The quantitative estimate of drug-likeness (QED) is 0.183. The first kappa shape index (κ1) is 24.3. The van der Waals surface area contributed by atoms with Gasteiger partial charge in [-0.2, -0.15) is 0 Å². The summed E-state index contributed by atoms with van der Waals surface area (Å²) in [4.78, 5) is 5.08. The molecule has 0 amide bonds. The van der Waals surface area contributed by atoms with Gasteiger partial charge in [-0.05, 0) is 17.5 Å². The minimum Gasteiger partial charge on any atom is -0.680 e. The summed E-state index contributed by atoms with van der Waals surface area (Å²) in [5.74, 6) is 0.558. The Morgan fingerprint density at radius 1 is 0.967 bits per heavy atom. The van der Waals surface area contributed by atoms with Crippen molar-refractivity contribution in [2.75, 3.05) is 0 Å². The van der Waals surface area contributed by atoms with E-state index in [1.54, 1.807) is 0 Å². The van der Waals surface area contributed by atoms with Gasteiger partial charge in [-0.1, -0.05) is 85.7 Å². The van der Waals surface area contributed by atoms with Gasteiger partial charge in [0.15, 0.2) is 0 Å². The van der Waals surface area contributed by atoms with Crippen LogP contribution in [0.3, 0.4) is 0 Å². The number of hydrogen-bond donors (Lipinski definition) is 0. The first-order chi connectivity index (χ1) is 13.2. The topological polar surface area (TPSA) is 27.0 Å². The fraction of sp³-hybridized carbons (Fsp3) is 0.222. The Balaban J connectivity index is 0.00000107. The predicted octanol–water partition coefficient (Wildman–Crippen LogP) is 7.73. The summed E-state index contributed by atoms with van der Waals surface area (Å²) < 4.78 is 0. The molecular weight excluding hydrogens is 531 g/mol. The summed E-state index contributed by atoms with van der Waals surface area (Å²) in [6.07, 6.45) is 2.22. The molecule has 4 aromatic rings. The Morgan fingerprint density at radius 3 is 2.53 bits per heavy atom. The first-order valence-electron chi connectivity index (χ1n) is 9.74. The number of hydrogen-bond acceptors (Lipinski definition) is 1. The number of benzene rings is 3. The van der Waals surface area contributed by atoms with E-state index >= 15 is 0 Å². The Bertz CT molecular complexity index is 1140. The van der Waals surface area contributed by atoms with E-state index in [2.05, 4.69) is 74.5 Å². The minimum atomic E-state index is 0. The van der Waals surface area contributed by atoms with Crippen molar-refractivity contribution >= 4 is 27.4 Å². The van der Waals surface area contributed by atoms with Crippen LogP contribution < -0.4 is 0 Å². The Hall–Kier alpha value is -2.00. The second kappa shape index (κ2) is 9.87. The molecule has 0 radical (unpaired) electrons. The summed E-state index contributed by atoms with van der Waals surface area (Å²) in [6, 6.07) is 25.0. The number of fused-ring (bicyclic) bond motifs is 4. The molecule has 0 fully saturated rings. The molecule has 0 saturated carbocycles. The average Bonchev–Trinajstić information content (AvgIpc) is 2.72. The third kappa shape index (κ3) is 4.23. The minimum absolute atomic E-state index is 0. The summed E-state index contributed by atoms with van der Waals surface area (Å²) in [7, 11) is 0. The molecule has 2 heterocycles. The Labute approximate surface area is 199 Å². The van der Waals surface area contributed by atoms with Crippen LogP contribution in [0, 0.1) is 26.8 Å². The first-order valence-corrected chi connectivity index (χ1v) is 9.74. The number of nitrogens with zero attached hydrogens (tertiary/aromatic N) is 2. The maximum absolute atomic E-state index is 5.10. The normalized spacial score (nSPS) is 14.8. The van der Waals surface area contributed by atoms with E-state index in [4.69, 9.17) is 10.3 Å². The van der Waals surface area contributed by atoms with E-state index in [9.17, 15) is 0 Å². The average molecular weight is 559 g/mol. The van der Waals surface area contributed by atoms with Gasteiger partial charge in [-0.15, -0.1) is 40.9 Å². The zero-order chi connectivity index (χ0) is 18.4. The van der Waals surface area contributed by atoms with E-state index in [1.807, 2.05) is 6.07 Å². The van der Waals surface area contributed by atoms with Crippen molar-refractivity contribution in [3.8, 4) is 11.3 Å². The number of aromatic nitrogens is 1. The second-order valence-electron chi connectivity index (χ2n) is 7.76. The van der Waals surface area contributed by atoms with Crippen molar-refractivity contribution < 1.29 is 25.8 Å². The van der Waals surface area contributed by atoms with Gasteiger partial charge in [0, 0.05) is 5.52 Å². The summed E-state index contributed by atoms with van der Waals surface area (Å²) in [6.45, 7) is 4.52.